The zero-order valence-corrected chi connectivity index (χ0v) is 17.3. The topological polar surface area (TPSA) is 78.8 Å². The van der Waals surface area contributed by atoms with Gasteiger partial charge in [0.15, 0.2) is 10.6 Å². The molecule has 150 valence electrons. The molecular weight excluding hydrogens is 408 g/mol. The van der Waals surface area contributed by atoms with Crippen LogP contribution >= 0.6 is 23.8 Å². The van der Waals surface area contributed by atoms with Gasteiger partial charge >= 0.3 is 0 Å². The highest BCUT2D eigenvalue weighted by Gasteiger charge is 2.14. The molecule has 0 spiro atoms. The monoisotopic (exact) mass is 428 g/mol. The standard InChI is InChI=1S/C20H21ClN6OS/c21-16-6-4-15(5-7-16)19-24-25-20(29)27(19)13-18(28)23-12-14-3-8-17(22-11-14)26-9-1-2-10-26/h3-8,11H,1-2,9-10,12-13H2,(H,23,28)(H,25,29). The van der Waals surface area contributed by atoms with Crippen LogP contribution in [0.3, 0.4) is 0 Å². The summed E-state index contributed by atoms with van der Waals surface area (Å²) in [5.41, 5.74) is 1.78. The molecule has 2 aromatic heterocycles. The molecule has 0 saturated carbocycles. The number of H-pyrrole nitrogens is 1. The molecule has 0 bridgehead atoms. The van der Waals surface area contributed by atoms with Gasteiger partial charge in [0.2, 0.25) is 5.91 Å². The first-order valence-corrected chi connectivity index (χ1v) is 10.3. The molecule has 0 atom stereocenters. The van der Waals surface area contributed by atoms with Gasteiger partial charge in [0.1, 0.15) is 12.4 Å². The maximum atomic E-state index is 12.5. The molecule has 9 heteroatoms. The zero-order chi connectivity index (χ0) is 20.2. The normalized spacial score (nSPS) is 13.6. The molecule has 3 heterocycles. The number of halogens is 1. The molecule has 2 N–H and O–H groups in total. The molecule has 4 rings (SSSR count). The number of benzene rings is 1. The lowest BCUT2D eigenvalue weighted by atomic mass is 10.2. The van der Waals surface area contributed by atoms with Gasteiger partial charge < -0.3 is 10.2 Å². The number of carbonyl (C=O) groups excluding carboxylic acids is 1. The molecular formula is C20H21ClN6OS. The highest BCUT2D eigenvalue weighted by atomic mass is 35.5. The molecule has 1 aliphatic heterocycles. The van der Waals surface area contributed by atoms with E-state index < -0.39 is 0 Å². The Hall–Kier alpha value is -2.71. The first-order chi connectivity index (χ1) is 14.1. The van der Waals surface area contributed by atoms with Gasteiger partial charge in [-0.15, -0.1) is 0 Å². The molecule has 0 unspecified atom stereocenters. The fourth-order valence-corrected chi connectivity index (χ4v) is 3.66. The number of aromatic amines is 1. The van der Waals surface area contributed by atoms with Crippen molar-refractivity contribution in [3.63, 3.8) is 0 Å². The lowest BCUT2D eigenvalue weighted by Gasteiger charge is -2.16. The van der Waals surface area contributed by atoms with Crippen molar-refractivity contribution in [3.8, 4) is 11.4 Å². The second kappa shape index (κ2) is 8.75. The number of carbonyl (C=O) groups is 1. The van der Waals surface area contributed by atoms with Crippen LogP contribution in [0.15, 0.2) is 42.6 Å². The van der Waals surface area contributed by atoms with E-state index in [4.69, 9.17) is 23.8 Å². The van der Waals surface area contributed by atoms with Crippen LogP contribution in [0.1, 0.15) is 18.4 Å². The number of hydrogen-bond acceptors (Lipinski definition) is 5. The van der Waals surface area contributed by atoms with Crippen LogP contribution in [0.5, 0.6) is 0 Å². The van der Waals surface area contributed by atoms with Crippen molar-refractivity contribution < 1.29 is 4.79 Å². The maximum Gasteiger partial charge on any atom is 0.240 e. The average Bonchev–Trinajstić information content (AvgIpc) is 3.39. The number of rotatable bonds is 6. The fraction of sp³-hybridized carbons (Fsp3) is 0.300. The minimum Gasteiger partial charge on any atom is -0.357 e. The Bertz CT molecular complexity index is 1040. The number of hydrogen-bond donors (Lipinski definition) is 2. The van der Waals surface area contributed by atoms with Crippen molar-refractivity contribution in [2.24, 2.45) is 0 Å². The minimum atomic E-state index is -0.152. The van der Waals surface area contributed by atoms with Crippen molar-refractivity contribution in [1.29, 1.82) is 0 Å². The van der Waals surface area contributed by atoms with Gasteiger partial charge in [-0.25, -0.2) is 4.98 Å². The van der Waals surface area contributed by atoms with E-state index in [1.54, 1.807) is 16.7 Å². The largest absolute Gasteiger partial charge is 0.357 e. The second-order valence-corrected chi connectivity index (χ2v) is 7.76. The highest BCUT2D eigenvalue weighted by molar-refractivity contribution is 7.71. The van der Waals surface area contributed by atoms with Crippen molar-refractivity contribution in [2.45, 2.75) is 25.9 Å². The smallest absolute Gasteiger partial charge is 0.240 e. The number of anilines is 1. The van der Waals surface area contributed by atoms with Gasteiger partial charge in [0, 0.05) is 36.4 Å². The predicted octanol–water partition coefficient (Wildman–Crippen LogP) is 3.57. The summed E-state index contributed by atoms with van der Waals surface area (Å²) in [5.74, 6) is 1.44. The van der Waals surface area contributed by atoms with Crippen molar-refractivity contribution in [2.75, 3.05) is 18.0 Å². The maximum absolute atomic E-state index is 12.5. The van der Waals surface area contributed by atoms with Crippen molar-refractivity contribution in [3.05, 3.63) is 58.0 Å². The third kappa shape index (κ3) is 4.65. The second-order valence-electron chi connectivity index (χ2n) is 6.94. The molecule has 0 radical (unpaired) electrons. The van der Waals surface area contributed by atoms with Crippen LogP contribution in [-0.4, -0.2) is 38.7 Å². The number of pyridine rings is 1. The SMILES string of the molecule is O=C(Cn1c(-c2ccc(Cl)cc2)n[nH]c1=S)NCc1ccc(N2CCCC2)nc1. The lowest BCUT2D eigenvalue weighted by Crippen LogP contribution is -2.27. The van der Waals surface area contributed by atoms with Crippen LogP contribution in [0.4, 0.5) is 5.82 Å². The average molecular weight is 429 g/mol. The summed E-state index contributed by atoms with van der Waals surface area (Å²) in [4.78, 5) is 19.3. The number of nitrogens with one attached hydrogen (secondary N) is 2. The molecule has 1 saturated heterocycles. The van der Waals surface area contributed by atoms with E-state index in [1.807, 2.05) is 30.5 Å². The molecule has 1 aliphatic rings. The van der Waals surface area contributed by atoms with Crippen molar-refractivity contribution in [1.82, 2.24) is 25.1 Å². The predicted molar refractivity (Wildman–Crippen MR) is 115 cm³/mol. The van der Waals surface area contributed by atoms with Crippen LogP contribution in [0.25, 0.3) is 11.4 Å². The molecule has 7 nitrogen and oxygen atoms in total. The van der Waals surface area contributed by atoms with E-state index in [1.165, 1.54) is 12.8 Å². The van der Waals surface area contributed by atoms with E-state index >= 15 is 0 Å². The molecule has 0 aliphatic carbocycles. The first-order valence-electron chi connectivity index (χ1n) is 9.48. The van der Waals surface area contributed by atoms with Crippen LogP contribution in [-0.2, 0) is 17.9 Å². The Kier molecular flexibility index (Phi) is 5.92. The Morgan fingerprint density at radius 2 is 1.93 bits per heavy atom. The van der Waals surface area contributed by atoms with E-state index in [-0.39, 0.29) is 12.5 Å². The Morgan fingerprint density at radius 1 is 1.17 bits per heavy atom. The van der Waals surface area contributed by atoms with Gasteiger partial charge in [-0.05, 0) is 61.0 Å². The van der Waals surface area contributed by atoms with Crippen LogP contribution < -0.4 is 10.2 Å². The number of aromatic nitrogens is 4. The third-order valence-electron chi connectivity index (χ3n) is 4.89. The Morgan fingerprint density at radius 3 is 2.62 bits per heavy atom. The van der Waals surface area contributed by atoms with Crippen LogP contribution in [0.2, 0.25) is 5.02 Å². The van der Waals surface area contributed by atoms with Gasteiger partial charge in [0.05, 0.1) is 0 Å². The molecule has 1 amide bonds. The zero-order valence-electron chi connectivity index (χ0n) is 15.8. The summed E-state index contributed by atoms with van der Waals surface area (Å²) in [6, 6.07) is 11.3. The third-order valence-corrected chi connectivity index (χ3v) is 5.45. The van der Waals surface area contributed by atoms with Gasteiger partial charge in [0.25, 0.3) is 0 Å². The number of amides is 1. The van der Waals surface area contributed by atoms with Gasteiger partial charge in [-0.3, -0.25) is 14.5 Å². The van der Waals surface area contributed by atoms with Gasteiger partial charge in [-0.2, -0.15) is 5.10 Å². The molecule has 1 aromatic carbocycles. The summed E-state index contributed by atoms with van der Waals surface area (Å²) in [6.07, 6.45) is 4.25. The fourth-order valence-electron chi connectivity index (χ4n) is 3.34. The Balaban J connectivity index is 1.38. The summed E-state index contributed by atoms with van der Waals surface area (Å²) < 4.78 is 2.06. The summed E-state index contributed by atoms with van der Waals surface area (Å²) in [6.45, 7) is 2.61. The van der Waals surface area contributed by atoms with E-state index in [0.29, 0.717) is 22.2 Å². The summed E-state index contributed by atoms with van der Waals surface area (Å²) in [5, 5.41) is 10.5. The molecule has 1 fully saturated rings. The minimum absolute atomic E-state index is 0.0760. The van der Waals surface area contributed by atoms with E-state index in [9.17, 15) is 4.79 Å². The van der Waals surface area contributed by atoms with Crippen LogP contribution in [0, 0.1) is 4.77 Å². The lowest BCUT2D eigenvalue weighted by molar-refractivity contribution is -0.121. The van der Waals surface area contributed by atoms with Gasteiger partial charge in [-0.1, -0.05) is 17.7 Å². The molecule has 29 heavy (non-hydrogen) atoms. The summed E-state index contributed by atoms with van der Waals surface area (Å²) >= 11 is 11.2. The van der Waals surface area contributed by atoms with E-state index in [2.05, 4.69) is 25.4 Å². The number of nitrogens with zero attached hydrogens (tertiary/aromatic N) is 4. The van der Waals surface area contributed by atoms with E-state index in [0.717, 1.165) is 30.0 Å². The molecule has 3 aromatic rings. The quantitative estimate of drug-likeness (QED) is 0.587. The summed E-state index contributed by atoms with van der Waals surface area (Å²) in [7, 11) is 0. The first kappa shape index (κ1) is 19.6. The highest BCUT2D eigenvalue weighted by Crippen LogP contribution is 2.20. The Labute approximate surface area is 178 Å². The van der Waals surface area contributed by atoms with Crippen molar-refractivity contribution >= 4 is 35.5 Å².